The molecule has 8 heteroatoms. The quantitative estimate of drug-likeness (QED) is 0.479. The normalized spacial score (nSPS) is 19.0. The van der Waals surface area contributed by atoms with Crippen molar-refractivity contribution in [2.75, 3.05) is 34.1 Å². The fraction of sp³-hybridized carbons (Fsp3) is 0.333. The molecule has 0 bridgehead atoms. The van der Waals surface area contributed by atoms with Gasteiger partial charge in [-0.1, -0.05) is 5.92 Å². The molecule has 0 saturated carbocycles. The third-order valence-corrected chi connectivity index (χ3v) is 5.12. The monoisotopic (exact) mass is 397 g/mol. The van der Waals surface area contributed by atoms with Gasteiger partial charge < -0.3 is 23.8 Å². The molecule has 0 amide bonds. The van der Waals surface area contributed by atoms with E-state index in [-0.39, 0.29) is 25.1 Å². The van der Waals surface area contributed by atoms with Gasteiger partial charge >= 0.3 is 0 Å². The summed E-state index contributed by atoms with van der Waals surface area (Å²) in [4.78, 5) is 11.5. The van der Waals surface area contributed by atoms with Crippen molar-refractivity contribution >= 4 is 5.69 Å². The molecule has 29 heavy (non-hydrogen) atoms. The van der Waals surface area contributed by atoms with E-state index >= 15 is 0 Å². The second-order valence-electron chi connectivity index (χ2n) is 6.86. The Kier molecular flexibility index (Phi) is 5.14. The number of ether oxygens (including phenoxy) is 4. The van der Waals surface area contributed by atoms with Crippen LogP contribution in [0, 0.1) is 22.0 Å². The predicted octanol–water partition coefficient (Wildman–Crippen LogP) is 1.53. The number of non-ortho nitro benzene ring substituents is 1. The topological polar surface area (TPSA) is 84.5 Å². The number of nitro groups is 1. The van der Waals surface area contributed by atoms with Gasteiger partial charge in [-0.2, -0.15) is 0 Å². The number of hydrogen-bond acceptors (Lipinski definition) is 6. The van der Waals surface area contributed by atoms with Gasteiger partial charge in [0.05, 0.1) is 31.2 Å². The number of rotatable bonds is 4. The SMILES string of the molecule is COc1c2c(cc3c1[C@H](C#CCOc1ccc([N+](=O)[O-])cc1)[NH+](C)CC3)OCO2. The van der Waals surface area contributed by atoms with E-state index in [0.29, 0.717) is 23.0 Å². The van der Waals surface area contributed by atoms with E-state index in [4.69, 9.17) is 18.9 Å². The number of nitro benzene ring substituents is 1. The molecule has 8 nitrogen and oxygen atoms in total. The van der Waals surface area contributed by atoms with Gasteiger partial charge in [0.2, 0.25) is 12.5 Å². The van der Waals surface area contributed by atoms with Crippen LogP contribution in [0.15, 0.2) is 30.3 Å². The van der Waals surface area contributed by atoms with E-state index in [0.717, 1.165) is 24.1 Å². The van der Waals surface area contributed by atoms with Crippen LogP contribution in [0.1, 0.15) is 17.2 Å². The Morgan fingerprint density at radius 3 is 2.83 bits per heavy atom. The zero-order valence-corrected chi connectivity index (χ0v) is 16.2. The smallest absolute Gasteiger partial charge is 0.269 e. The summed E-state index contributed by atoms with van der Waals surface area (Å²) in [6.45, 7) is 1.32. The van der Waals surface area contributed by atoms with Crippen molar-refractivity contribution in [3.05, 3.63) is 51.6 Å². The number of methoxy groups -OCH3 is 1. The summed E-state index contributed by atoms with van der Waals surface area (Å²) in [5.74, 6) is 8.95. The molecular weight excluding hydrogens is 376 g/mol. The molecular formula is C21H21N2O6+. The van der Waals surface area contributed by atoms with Crippen LogP contribution >= 0.6 is 0 Å². The Morgan fingerprint density at radius 2 is 2.10 bits per heavy atom. The lowest BCUT2D eigenvalue weighted by atomic mass is 9.91. The average Bonchev–Trinajstić information content (AvgIpc) is 3.19. The molecule has 0 aliphatic carbocycles. The van der Waals surface area contributed by atoms with Gasteiger partial charge in [0.25, 0.3) is 5.69 Å². The molecule has 150 valence electrons. The zero-order valence-electron chi connectivity index (χ0n) is 16.2. The first-order valence-corrected chi connectivity index (χ1v) is 9.25. The van der Waals surface area contributed by atoms with E-state index in [1.807, 2.05) is 6.07 Å². The van der Waals surface area contributed by atoms with Crippen LogP contribution in [-0.4, -0.2) is 39.0 Å². The molecule has 2 heterocycles. The van der Waals surface area contributed by atoms with Crippen LogP contribution < -0.4 is 23.8 Å². The van der Waals surface area contributed by atoms with Crippen molar-refractivity contribution < 1.29 is 28.8 Å². The predicted molar refractivity (Wildman–Crippen MR) is 104 cm³/mol. The largest absolute Gasteiger partial charge is 0.492 e. The molecule has 2 aliphatic rings. The lowest BCUT2D eigenvalue weighted by Crippen LogP contribution is -3.10. The Morgan fingerprint density at radius 1 is 1.31 bits per heavy atom. The Hall–Kier alpha value is -3.44. The summed E-state index contributed by atoms with van der Waals surface area (Å²) in [6.07, 6.45) is 0.908. The van der Waals surface area contributed by atoms with Crippen LogP contribution in [0.3, 0.4) is 0 Å². The minimum absolute atomic E-state index is 0.0262. The maximum atomic E-state index is 10.7. The second kappa shape index (κ2) is 7.89. The van der Waals surface area contributed by atoms with E-state index < -0.39 is 4.92 Å². The van der Waals surface area contributed by atoms with Crippen molar-refractivity contribution in [2.24, 2.45) is 0 Å². The molecule has 0 saturated heterocycles. The summed E-state index contributed by atoms with van der Waals surface area (Å²) in [5, 5.41) is 10.7. The maximum absolute atomic E-state index is 10.7. The van der Waals surface area contributed by atoms with Crippen LogP contribution in [0.2, 0.25) is 0 Å². The van der Waals surface area contributed by atoms with Gasteiger partial charge in [-0.25, -0.2) is 0 Å². The maximum Gasteiger partial charge on any atom is 0.269 e. The van der Waals surface area contributed by atoms with Crippen molar-refractivity contribution in [3.8, 4) is 34.8 Å². The average molecular weight is 397 g/mol. The van der Waals surface area contributed by atoms with E-state index in [9.17, 15) is 10.1 Å². The molecule has 2 atom stereocenters. The van der Waals surface area contributed by atoms with Gasteiger partial charge in [-0.3, -0.25) is 10.1 Å². The van der Waals surface area contributed by atoms with Gasteiger partial charge in [0.1, 0.15) is 12.4 Å². The lowest BCUT2D eigenvalue weighted by Gasteiger charge is -2.29. The second-order valence-corrected chi connectivity index (χ2v) is 6.86. The summed E-state index contributed by atoms with van der Waals surface area (Å²) in [5.41, 5.74) is 2.22. The fourth-order valence-corrected chi connectivity index (χ4v) is 3.65. The zero-order chi connectivity index (χ0) is 20.4. The summed E-state index contributed by atoms with van der Waals surface area (Å²) < 4.78 is 22.4. The van der Waals surface area contributed by atoms with Gasteiger partial charge in [0, 0.05) is 18.6 Å². The molecule has 2 aromatic rings. The standard InChI is InChI=1S/C21H20N2O6/c1-22-10-9-14-12-18-20(29-13-28-18)21(26-2)19(14)17(22)4-3-11-27-16-7-5-15(6-8-16)23(24)25/h5-8,12,17H,9-11,13H2,1-2H3/p+1/t17-/m0/s1. The minimum atomic E-state index is -0.443. The highest BCUT2D eigenvalue weighted by atomic mass is 16.7. The number of benzene rings is 2. The molecule has 4 rings (SSSR count). The molecule has 0 radical (unpaired) electrons. The van der Waals surface area contributed by atoms with Gasteiger partial charge in [-0.15, -0.1) is 0 Å². The number of nitrogens with zero attached hydrogens (tertiary/aromatic N) is 1. The lowest BCUT2D eigenvalue weighted by molar-refractivity contribution is -0.905. The number of hydrogen-bond donors (Lipinski definition) is 1. The number of fused-ring (bicyclic) bond motifs is 2. The summed E-state index contributed by atoms with van der Waals surface area (Å²) >= 11 is 0. The molecule has 0 fully saturated rings. The van der Waals surface area contributed by atoms with Crippen molar-refractivity contribution in [3.63, 3.8) is 0 Å². The highest BCUT2D eigenvalue weighted by Crippen LogP contribution is 2.47. The molecule has 0 spiro atoms. The summed E-state index contributed by atoms with van der Waals surface area (Å²) in [6, 6.07) is 7.89. The Balaban J connectivity index is 1.54. The van der Waals surface area contributed by atoms with Crippen LogP contribution in [0.25, 0.3) is 0 Å². The minimum Gasteiger partial charge on any atom is -0.492 e. The molecule has 2 aliphatic heterocycles. The van der Waals surface area contributed by atoms with Crippen LogP contribution in [-0.2, 0) is 6.42 Å². The van der Waals surface area contributed by atoms with E-state index in [1.54, 1.807) is 19.2 Å². The van der Waals surface area contributed by atoms with Gasteiger partial charge in [0.15, 0.2) is 17.5 Å². The van der Waals surface area contributed by atoms with Crippen molar-refractivity contribution in [1.82, 2.24) is 0 Å². The third-order valence-electron chi connectivity index (χ3n) is 5.12. The van der Waals surface area contributed by atoms with Crippen molar-refractivity contribution in [2.45, 2.75) is 12.5 Å². The number of quaternary nitrogens is 1. The molecule has 1 unspecified atom stereocenters. The third kappa shape index (κ3) is 3.65. The van der Waals surface area contributed by atoms with E-state index in [2.05, 4.69) is 18.9 Å². The Labute approximate surface area is 168 Å². The first-order chi connectivity index (χ1) is 14.1. The fourth-order valence-electron chi connectivity index (χ4n) is 3.65. The molecule has 2 aromatic carbocycles. The van der Waals surface area contributed by atoms with Crippen LogP contribution in [0.4, 0.5) is 5.69 Å². The first kappa shape index (κ1) is 18.9. The highest BCUT2D eigenvalue weighted by Gasteiger charge is 2.35. The number of nitrogens with one attached hydrogen (secondary N) is 1. The van der Waals surface area contributed by atoms with E-state index in [1.165, 1.54) is 17.0 Å². The summed E-state index contributed by atoms with van der Waals surface area (Å²) in [7, 11) is 3.73. The highest BCUT2D eigenvalue weighted by molar-refractivity contribution is 5.62. The molecule has 1 N–H and O–H groups in total. The Bertz CT molecular complexity index is 993. The van der Waals surface area contributed by atoms with Gasteiger partial charge in [-0.05, 0) is 29.7 Å². The molecule has 0 aromatic heterocycles. The first-order valence-electron chi connectivity index (χ1n) is 9.25. The van der Waals surface area contributed by atoms with Crippen LogP contribution in [0.5, 0.6) is 23.0 Å². The number of likely N-dealkylation sites (N-methyl/N-ethyl adjacent to an activating group) is 1. The van der Waals surface area contributed by atoms with Crippen molar-refractivity contribution in [1.29, 1.82) is 0 Å².